The first-order valence-corrected chi connectivity index (χ1v) is 6.93. The second-order valence-electron chi connectivity index (χ2n) is 5.90. The highest BCUT2D eigenvalue weighted by Gasteiger charge is 2.50. The number of hydrogen-bond donors (Lipinski definition) is 1. The zero-order valence-corrected chi connectivity index (χ0v) is 10.6. The lowest BCUT2D eigenvalue weighted by Crippen LogP contribution is -2.38. The minimum atomic E-state index is -0.459. The monoisotopic (exact) mass is 234 g/mol. The normalized spacial score (nSPS) is 35.6. The second kappa shape index (κ2) is 4.13. The zero-order valence-electron chi connectivity index (χ0n) is 10.6. The first-order valence-electron chi connectivity index (χ1n) is 6.93. The van der Waals surface area contributed by atoms with Gasteiger partial charge in [-0.15, -0.1) is 0 Å². The Kier molecular flexibility index (Phi) is 2.74. The molecule has 0 aliphatic heterocycles. The SMILES string of the molecule is CCCn1ccnc1CC1(O)CC2CCC1C2. The van der Waals surface area contributed by atoms with E-state index in [4.69, 9.17) is 0 Å². The zero-order chi connectivity index (χ0) is 11.9. The summed E-state index contributed by atoms with van der Waals surface area (Å²) in [6.07, 6.45) is 10.6. The lowest BCUT2D eigenvalue weighted by Gasteiger charge is -2.32. The van der Waals surface area contributed by atoms with E-state index < -0.39 is 5.60 Å². The number of fused-ring (bicyclic) bond motifs is 2. The molecule has 2 bridgehead atoms. The lowest BCUT2D eigenvalue weighted by molar-refractivity contribution is -0.0148. The molecule has 1 heterocycles. The van der Waals surface area contributed by atoms with Crippen molar-refractivity contribution < 1.29 is 5.11 Å². The maximum absolute atomic E-state index is 10.8. The number of aliphatic hydroxyl groups is 1. The van der Waals surface area contributed by atoms with Crippen LogP contribution in [-0.4, -0.2) is 20.3 Å². The fraction of sp³-hybridized carbons (Fsp3) is 0.786. The topological polar surface area (TPSA) is 38.0 Å². The summed E-state index contributed by atoms with van der Waals surface area (Å²) in [6.45, 7) is 3.19. The fourth-order valence-electron chi connectivity index (χ4n) is 3.86. The van der Waals surface area contributed by atoms with Gasteiger partial charge in [0.25, 0.3) is 0 Å². The molecule has 0 aromatic carbocycles. The summed E-state index contributed by atoms with van der Waals surface area (Å²) in [7, 11) is 0. The van der Waals surface area contributed by atoms with E-state index in [1.54, 1.807) is 0 Å². The van der Waals surface area contributed by atoms with E-state index >= 15 is 0 Å². The third-order valence-corrected chi connectivity index (χ3v) is 4.67. The number of rotatable bonds is 4. The standard InChI is InChI=1S/C14H22N2O/c1-2-6-16-7-5-15-13(16)10-14(17)9-11-3-4-12(14)8-11/h5,7,11-12,17H,2-4,6,8-10H2,1H3. The van der Waals surface area contributed by atoms with Crippen LogP contribution >= 0.6 is 0 Å². The molecule has 1 aromatic heterocycles. The molecule has 17 heavy (non-hydrogen) atoms. The highest BCUT2D eigenvalue weighted by molar-refractivity contribution is 5.07. The average Bonchev–Trinajstić information content (AvgIpc) is 2.95. The summed E-state index contributed by atoms with van der Waals surface area (Å²) < 4.78 is 2.20. The third kappa shape index (κ3) is 1.90. The predicted molar refractivity (Wildman–Crippen MR) is 66.6 cm³/mol. The van der Waals surface area contributed by atoms with Crippen LogP contribution in [-0.2, 0) is 13.0 Å². The fourth-order valence-corrected chi connectivity index (χ4v) is 3.86. The Bertz CT molecular complexity index is 401. The number of imidazole rings is 1. The number of aryl methyl sites for hydroxylation is 1. The average molecular weight is 234 g/mol. The van der Waals surface area contributed by atoms with Gasteiger partial charge in [-0.2, -0.15) is 0 Å². The third-order valence-electron chi connectivity index (χ3n) is 4.67. The van der Waals surface area contributed by atoms with Crippen molar-refractivity contribution in [3.63, 3.8) is 0 Å². The van der Waals surface area contributed by atoms with E-state index in [2.05, 4.69) is 16.5 Å². The summed E-state index contributed by atoms with van der Waals surface area (Å²) in [5.41, 5.74) is -0.459. The minimum absolute atomic E-state index is 0.459. The Labute approximate surface area is 103 Å². The minimum Gasteiger partial charge on any atom is -0.389 e. The van der Waals surface area contributed by atoms with E-state index in [-0.39, 0.29) is 0 Å². The van der Waals surface area contributed by atoms with Crippen molar-refractivity contribution >= 4 is 0 Å². The molecule has 94 valence electrons. The van der Waals surface area contributed by atoms with Crippen LogP contribution in [0.2, 0.25) is 0 Å². The quantitative estimate of drug-likeness (QED) is 0.868. The summed E-state index contributed by atoms with van der Waals surface area (Å²) in [6, 6.07) is 0. The number of hydrogen-bond acceptors (Lipinski definition) is 2. The molecule has 1 aromatic rings. The van der Waals surface area contributed by atoms with Crippen molar-refractivity contribution in [2.24, 2.45) is 11.8 Å². The molecule has 2 fully saturated rings. The van der Waals surface area contributed by atoms with E-state index in [0.717, 1.165) is 37.5 Å². The molecular formula is C14H22N2O. The smallest absolute Gasteiger partial charge is 0.111 e. The van der Waals surface area contributed by atoms with Crippen LogP contribution in [0, 0.1) is 11.8 Å². The van der Waals surface area contributed by atoms with Crippen LogP contribution in [0.25, 0.3) is 0 Å². The molecular weight excluding hydrogens is 212 g/mol. The summed E-state index contributed by atoms with van der Waals surface area (Å²) in [5.74, 6) is 2.38. The summed E-state index contributed by atoms with van der Waals surface area (Å²) in [5, 5.41) is 10.8. The molecule has 3 nitrogen and oxygen atoms in total. The Morgan fingerprint density at radius 1 is 1.53 bits per heavy atom. The van der Waals surface area contributed by atoms with Gasteiger partial charge in [0.2, 0.25) is 0 Å². The van der Waals surface area contributed by atoms with Gasteiger partial charge in [-0.3, -0.25) is 0 Å². The van der Waals surface area contributed by atoms with Gasteiger partial charge in [0.05, 0.1) is 5.60 Å². The molecule has 0 radical (unpaired) electrons. The number of aromatic nitrogens is 2. The van der Waals surface area contributed by atoms with E-state index in [1.165, 1.54) is 19.3 Å². The van der Waals surface area contributed by atoms with Crippen LogP contribution in [0.3, 0.4) is 0 Å². The van der Waals surface area contributed by atoms with Crippen LogP contribution in [0.5, 0.6) is 0 Å². The molecule has 3 heteroatoms. The van der Waals surface area contributed by atoms with E-state index in [1.807, 2.05) is 12.4 Å². The Morgan fingerprint density at radius 2 is 2.41 bits per heavy atom. The molecule has 3 atom stereocenters. The van der Waals surface area contributed by atoms with Crippen molar-refractivity contribution in [1.82, 2.24) is 9.55 Å². The van der Waals surface area contributed by atoms with Gasteiger partial charge < -0.3 is 9.67 Å². The van der Waals surface area contributed by atoms with Crippen molar-refractivity contribution in [3.8, 4) is 0 Å². The first kappa shape index (κ1) is 11.3. The van der Waals surface area contributed by atoms with Gasteiger partial charge in [-0.25, -0.2) is 4.98 Å². The van der Waals surface area contributed by atoms with Crippen LogP contribution in [0.4, 0.5) is 0 Å². The van der Waals surface area contributed by atoms with Gasteiger partial charge in [0.15, 0.2) is 0 Å². The Hall–Kier alpha value is -0.830. The lowest BCUT2D eigenvalue weighted by atomic mass is 9.81. The summed E-state index contributed by atoms with van der Waals surface area (Å²) in [4.78, 5) is 4.43. The largest absolute Gasteiger partial charge is 0.389 e. The predicted octanol–water partition coefficient (Wildman–Crippen LogP) is 2.39. The molecule has 2 aliphatic carbocycles. The maximum Gasteiger partial charge on any atom is 0.111 e. The molecule has 0 amide bonds. The van der Waals surface area contributed by atoms with Crippen molar-refractivity contribution in [3.05, 3.63) is 18.2 Å². The molecule has 3 rings (SSSR count). The Morgan fingerprint density at radius 3 is 3.06 bits per heavy atom. The highest BCUT2D eigenvalue weighted by atomic mass is 16.3. The van der Waals surface area contributed by atoms with E-state index in [0.29, 0.717) is 5.92 Å². The first-order chi connectivity index (χ1) is 8.21. The van der Waals surface area contributed by atoms with E-state index in [9.17, 15) is 5.11 Å². The van der Waals surface area contributed by atoms with Gasteiger partial charge >= 0.3 is 0 Å². The van der Waals surface area contributed by atoms with Crippen molar-refractivity contribution in [2.75, 3.05) is 0 Å². The number of nitrogens with zero attached hydrogens (tertiary/aromatic N) is 2. The molecule has 0 saturated heterocycles. The van der Waals surface area contributed by atoms with Crippen molar-refractivity contribution in [1.29, 1.82) is 0 Å². The molecule has 3 unspecified atom stereocenters. The van der Waals surface area contributed by atoms with Crippen LogP contribution in [0.1, 0.15) is 44.9 Å². The molecule has 0 spiro atoms. The maximum atomic E-state index is 10.8. The van der Waals surface area contributed by atoms with Gasteiger partial charge in [0.1, 0.15) is 5.82 Å². The molecule has 2 aliphatic rings. The van der Waals surface area contributed by atoms with Gasteiger partial charge in [-0.05, 0) is 43.9 Å². The summed E-state index contributed by atoms with van der Waals surface area (Å²) >= 11 is 0. The van der Waals surface area contributed by atoms with Crippen LogP contribution < -0.4 is 0 Å². The second-order valence-corrected chi connectivity index (χ2v) is 5.90. The van der Waals surface area contributed by atoms with Crippen molar-refractivity contribution in [2.45, 2.75) is 57.6 Å². The van der Waals surface area contributed by atoms with Gasteiger partial charge in [0, 0.05) is 25.4 Å². The van der Waals surface area contributed by atoms with Crippen LogP contribution in [0.15, 0.2) is 12.4 Å². The highest BCUT2D eigenvalue weighted by Crippen LogP contribution is 2.51. The molecule has 1 N–H and O–H groups in total. The van der Waals surface area contributed by atoms with Gasteiger partial charge in [-0.1, -0.05) is 6.92 Å². The Balaban J connectivity index is 1.76. The molecule has 2 saturated carbocycles.